The molecule has 104 valence electrons. The van der Waals surface area contributed by atoms with Crippen molar-refractivity contribution in [1.29, 1.82) is 0 Å². The number of amides is 2. The zero-order chi connectivity index (χ0) is 13.6. The average molecular weight is 261 g/mol. The van der Waals surface area contributed by atoms with Crippen molar-refractivity contribution in [3.05, 3.63) is 12.2 Å². The van der Waals surface area contributed by atoms with Crippen molar-refractivity contribution < 1.29 is 4.79 Å². The number of hydrogen-bond donors (Lipinski definition) is 2. The van der Waals surface area contributed by atoms with Crippen molar-refractivity contribution >= 4 is 11.7 Å². The number of hydrogen-bond acceptors (Lipinski definition) is 2. The second-order valence-electron chi connectivity index (χ2n) is 6.90. The van der Waals surface area contributed by atoms with Crippen molar-refractivity contribution in [1.82, 2.24) is 5.43 Å². The first-order valence-electron chi connectivity index (χ1n) is 7.30. The quantitative estimate of drug-likeness (QED) is 0.553. The summed E-state index contributed by atoms with van der Waals surface area (Å²) in [5, 5.41) is 4.37. The molecule has 3 N–H and O–H groups in total. The minimum Gasteiger partial charge on any atom is -0.350 e. The summed E-state index contributed by atoms with van der Waals surface area (Å²) < 4.78 is 0. The van der Waals surface area contributed by atoms with Crippen LogP contribution in [0.25, 0.3) is 0 Å². The molecule has 0 aromatic rings. The lowest BCUT2D eigenvalue weighted by molar-refractivity contribution is 0.182. The first-order chi connectivity index (χ1) is 8.99. The molecule has 2 fully saturated rings. The highest BCUT2D eigenvalue weighted by Gasteiger charge is 2.51. The van der Waals surface area contributed by atoms with Crippen LogP contribution in [0.1, 0.15) is 39.5 Å². The Bertz CT molecular complexity index is 452. The molecular formula is C15H23N3O. The number of urea groups is 1. The molecule has 4 aliphatic carbocycles. The highest BCUT2D eigenvalue weighted by atomic mass is 16.2. The van der Waals surface area contributed by atoms with Crippen molar-refractivity contribution in [2.75, 3.05) is 0 Å². The molecule has 4 heteroatoms. The molecule has 19 heavy (non-hydrogen) atoms. The molecule has 0 aliphatic heterocycles. The number of carbonyl (C=O) groups is 1. The molecule has 0 saturated heterocycles. The summed E-state index contributed by atoms with van der Waals surface area (Å²) in [6.45, 7) is 4.76. The maximum Gasteiger partial charge on any atom is 0.332 e. The van der Waals surface area contributed by atoms with E-state index in [-0.39, 0.29) is 0 Å². The van der Waals surface area contributed by atoms with Crippen molar-refractivity contribution in [3.63, 3.8) is 0 Å². The molecule has 4 nitrogen and oxygen atoms in total. The summed E-state index contributed by atoms with van der Waals surface area (Å²) in [4.78, 5) is 10.9. The second kappa shape index (κ2) is 4.36. The Kier molecular flexibility index (Phi) is 2.91. The van der Waals surface area contributed by atoms with E-state index in [2.05, 4.69) is 36.5 Å². The molecule has 0 aromatic heterocycles. The molecule has 0 heterocycles. The lowest BCUT2D eigenvalue weighted by atomic mass is 9.70. The number of nitrogens with one attached hydrogen (secondary N) is 1. The van der Waals surface area contributed by atoms with E-state index in [9.17, 15) is 4.79 Å². The second-order valence-corrected chi connectivity index (χ2v) is 6.90. The van der Waals surface area contributed by atoms with Gasteiger partial charge in [-0.2, -0.15) is 5.10 Å². The zero-order valence-electron chi connectivity index (χ0n) is 11.7. The van der Waals surface area contributed by atoms with E-state index in [0.717, 1.165) is 12.1 Å². The Morgan fingerprint density at radius 3 is 2.79 bits per heavy atom. The summed E-state index contributed by atoms with van der Waals surface area (Å²) in [5.74, 6) is 2.24. The van der Waals surface area contributed by atoms with Gasteiger partial charge < -0.3 is 5.73 Å². The van der Waals surface area contributed by atoms with Crippen LogP contribution in [0.2, 0.25) is 0 Å². The van der Waals surface area contributed by atoms with Crippen molar-refractivity contribution in [3.8, 4) is 0 Å². The normalized spacial score (nSPS) is 41.1. The smallest absolute Gasteiger partial charge is 0.332 e. The lowest BCUT2D eigenvalue weighted by Crippen LogP contribution is -2.33. The predicted molar refractivity (Wildman–Crippen MR) is 75.5 cm³/mol. The van der Waals surface area contributed by atoms with Crippen LogP contribution in [0.15, 0.2) is 17.3 Å². The molecule has 2 amide bonds. The van der Waals surface area contributed by atoms with Gasteiger partial charge in [0.25, 0.3) is 0 Å². The lowest BCUT2D eigenvalue weighted by Gasteiger charge is -2.34. The van der Waals surface area contributed by atoms with Crippen LogP contribution in [0.4, 0.5) is 4.79 Å². The number of carbonyl (C=O) groups excluding carboxylic acids is 1. The van der Waals surface area contributed by atoms with E-state index in [0.29, 0.717) is 29.1 Å². The van der Waals surface area contributed by atoms with E-state index < -0.39 is 6.03 Å². The summed E-state index contributed by atoms with van der Waals surface area (Å²) in [6, 6.07) is -0.566. The molecule has 0 aromatic carbocycles. The summed E-state index contributed by atoms with van der Waals surface area (Å²) in [7, 11) is 0. The van der Waals surface area contributed by atoms with Crippen LogP contribution in [0.5, 0.6) is 0 Å². The molecule has 4 aliphatic rings. The minimum atomic E-state index is -0.566. The fourth-order valence-corrected chi connectivity index (χ4v) is 4.58. The number of rotatable bonds is 1. The number of allylic oxidation sites excluding steroid dienone is 2. The SMILES string of the molecule is CC1(C)CC[C@@H]2/C(=N\NC(N)=O)[C@H]3C=C[C@@H](CC3)[C@@H]21. The molecular weight excluding hydrogens is 238 g/mol. The summed E-state index contributed by atoms with van der Waals surface area (Å²) in [5.41, 5.74) is 9.15. The van der Waals surface area contributed by atoms with Gasteiger partial charge >= 0.3 is 6.03 Å². The first-order valence-corrected chi connectivity index (χ1v) is 7.30. The number of hydrazone groups is 1. The van der Waals surface area contributed by atoms with Gasteiger partial charge in [0.2, 0.25) is 0 Å². The Hall–Kier alpha value is -1.32. The third-order valence-electron chi connectivity index (χ3n) is 5.35. The van der Waals surface area contributed by atoms with Gasteiger partial charge in [-0.3, -0.25) is 0 Å². The van der Waals surface area contributed by atoms with Crippen LogP contribution >= 0.6 is 0 Å². The molecule has 0 spiro atoms. The monoisotopic (exact) mass is 261 g/mol. The van der Waals surface area contributed by atoms with E-state index in [1.165, 1.54) is 19.3 Å². The molecule has 0 radical (unpaired) electrons. The van der Waals surface area contributed by atoms with Crippen LogP contribution in [0.3, 0.4) is 0 Å². The Balaban J connectivity index is 1.98. The number of nitrogens with zero attached hydrogens (tertiary/aromatic N) is 1. The maximum atomic E-state index is 10.9. The van der Waals surface area contributed by atoms with Gasteiger partial charge in [-0.05, 0) is 42.9 Å². The molecule has 4 rings (SSSR count). The van der Waals surface area contributed by atoms with Gasteiger partial charge in [-0.15, -0.1) is 0 Å². The fraction of sp³-hybridized carbons (Fsp3) is 0.733. The van der Waals surface area contributed by atoms with Crippen LogP contribution < -0.4 is 11.2 Å². The molecule has 0 unspecified atom stereocenters. The third kappa shape index (κ3) is 2.07. The van der Waals surface area contributed by atoms with Crippen molar-refractivity contribution in [2.45, 2.75) is 39.5 Å². The van der Waals surface area contributed by atoms with Crippen LogP contribution in [0, 0.1) is 29.1 Å². The van der Waals surface area contributed by atoms with Crippen molar-refractivity contribution in [2.24, 2.45) is 39.9 Å². The Morgan fingerprint density at radius 2 is 2.16 bits per heavy atom. The van der Waals surface area contributed by atoms with Crippen LogP contribution in [-0.2, 0) is 0 Å². The highest BCUT2D eigenvalue weighted by Crippen LogP contribution is 2.56. The standard InChI is InChI=1S/C15H23N3O/c1-15(2)8-7-11-12(15)9-3-5-10(6-4-9)13(11)17-18-14(16)19/h3,5,9-12H,4,6-8H2,1-2H3,(H3,16,18,19)/b17-13-/t9-,10-,11-,12-/m0/s1. The molecule has 2 bridgehead atoms. The Labute approximate surface area is 114 Å². The topological polar surface area (TPSA) is 67.5 Å². The van der Waals surface area contributed by atoms with E-state index in [1.807, 2.05) is 0 Å². The largest absolute Gasteiger partial charge is 0.350 e. The van der Waals surface area contributed by atoms with Gasteiger partial charge in [0, 0.05) is 17.5 Å². The summed E-state index contributed by atoms with van der Waals surface area (Å²) >= 11 is 0. The first kappa shape index (κ1) is 12.7. The number of nitrogens with two attached hydrogens (primary N) is 1. The molecule has 2 saturated carbocycles. The minimum absolute atomic E-state index is 0.367. The zero-order valence-corrected chi connectivity index (χ0v) is 11.7. The third-order valence-corrected chi connectivity index (χ3v) is 5.35. The summed E-state index contributed by atoms with van der Waals surface area (Å²) in [6.07, 6.45) is 9.53. The number of fused-ring (bicyclic) bond motifs is 1. The van der Waals surface area contributed by atoms with Crippen LogP contribution in [-0.4, -0.2) is 11.7 Å². The van der Waals surface area contributed by atoms with Gasteiger partial charge in [0.1, 0.15) is 0 Å². The Morgan fingerprint density at radius 1 is 1.37 bits per heavy atom. The average Bonchev–Trinajstić information content (AvgIpc) is 2.53. The fourth-order valence-electron chi connectivity index (χ4n) is 4.58. The maximum absolute atomic E-state index is 10.9. The van der Waals surface area contributed by atoms with Gasteiger partial charge in [0.15, 0.2) is 0 Å². The van der Waals surface area contributed by atoms with E-state index >= 15 is 0 Å². The van der Waals surface area contributed by atoms with E-state index in [1.54, 1.807) is 0 Å². The van der Waals surface area contributed by atoms with Gasteiger partial charge in [-0.1, -0.05) is 26.0 Å². The number of primary amides is 1. The van der Waals surface area contributed by atoms with E-state index in [4.69, 9.17) is 5.73 Å². The molecule has 4 atom stereocenters. The highest BCUT2D eigenvalue weighted by molar-refractivity contribution is 5.92. The predicted octanol–water partition coefficient (Wildman–Crippen LogP) is 2.66. The van der Waals surface area contributed by atoms with Gasteiger partial charge in [-0.25, -0.2) is 10.2 Å². The van der Waals surface area contributed by atoms with Gasteiger partial charge in [0.05, 0.1) is 0 Å².